The van der Waals surface area contributed by atoms with Crippen LogP contribution in [0.4, 0.5) is 10.5 Å². The fraction of sp³-hybridized carbons (Fsp3) is 0.529. The van der Waals surface area contributed by atoms with Crippen molar-refractivity contribution < 1.29 is 19.2 Å². The maximum absolute atomic E-state index is 11.9. The Kier molecular flexibility index (Phi) is 6.32. The molecule has 3 amide bonds. The number of benzene rings is 1. The normalized spacial score (nSPS) is 19.8. The molecule has 136 valence electrons. The van der Waals surface area contributed by atoms with Crippen LogP contribution in [0.3, 0.4) is 0 Å². The minimum absolute atomic E-state index is 0.00735. The van der Waals surface area contributed by atoms with E-state index in [1.165, 1.54) is 12.1 Å². The minimum atomic E-state index is -0.657. The predicted octanol–water partition coefficient (Wildman–Crippen LogP) is 2.69. The van der Waals surface area contributed by atoms with E-state index in [0.29, 0.717) is 11.5 Å². The van der Waals surface area contributed by atoms with Gasteiger partial charge >= 0.3 is 11.7 Å². The van der Waals surface area contributed by atoms with Crippen molar-refractivity contribution in [3.05, 3.63) is 33.9 Å². The molecule has 0 spiro atoms. The van der Waals surface area contributed by atoms with Crippen molar-refractivity contribution in [2.75, 3.05) is 6.61 Å². The summed E-state index contributed by atoms with van der Waals surface area (Å²) in [4.78, 5) is 34.2. The molecule has 1 saturated carbocycles. The Morgan fingerprint density at radius 1 is 1.32 bits per heavy atom. The zero-order valence-corrected chi connectivity index (χ0v) is 14.4. The number of hydrogen-bond acceptors (Lipinski definition) is 5. The first-order valence-electron chi connectivity index (χ1n) is 8.35. The predicted molar refractivity (Wildman–Crippen MR) is 91.4 cm³/mol. The number of nitrogens with zero attached hydrogens (tertiary/aromatic N) is 1. The van der Waals surface area contributed by atoms with E-state index in [2.05, 4.69) is 17.6 Å². The summed E-state index contributed by atoms with van der Waals surface area (Å²) in [5.41, 5.74) is 0.498. The molecule has 1 aliphatic carbocycles. The molecule has 8 heteroatoms. The van der Waals surface area contributed by atoms with Crippen molar-refractivity contribution in [3.8, 4) is 5.75 Å². The van der Waals surface area contributed by atoms with Gasteiger partial charge in [-0.25, -0.2) is 4.79 Å². The number of rotatable bonds is 5. The highest BCUT2D eigenvalue weighted by molar-refractivity contribution is 5.95. The molecule has 1 aliphatic rings. The van der Waals surface area contributed by atoms with Gasteiger partial charge in [0.25, 0.3) is 5.91 Å². The van der Waals surface area contributed by atoms with E-state index >= 15 is 0 Å². The Bertz CT molecular complexity index is 662. The molecule has 0 heterocycles. The van der Waals surface area contributed by atoms with E-state index in [1.54, 1.807) is 13.0 Å². The topological polar surface area (TPSA) is 111 Å². The number of ether oxygens (including phenoxy) is 1. The highest BCUT2D eigenvalue weighted by Crippen LogP contribution is 2.27. The third-order valence-corrected chi connectivity index (χ3v) is 4.35. The average molecular weight is 349 g/mol. The minimum Gasteiger partial charge on any atom is -0.477 e. The van der Waals surface area contributed by atoms with Gasteiger partial charge in [0, 0.05) is 12.1 Å². The van der Waals surface area contributed by atoms with E-state index in [9.17, 15) is 19.7 Å². The molecule has 1 fully saturated rings. The molecule has 0 aliphatic heterocycles. The van der Waals surface area contributed by atoms with Crippen molar-refractivity contribution >= 4 is 17.6 Å². The summed E-state index contributed by atoms with van der Waals surface area (Å²) < 4.78 is 5.19. The van der Waals surface area contributed by atoms with Gasteiger partial charge in [-0.05, 0) is 37.3 Å². The number of aryl methyl sites for hydroxylation is 1. The Labute approximate surface area is 146 Å². The second kappa shape index (κ2) is 8.46. The lowest BCUT2D eigenvalue weighted by Gasteiger charge is -2.29. The van der Waals surface area contributed by atoms with Crippen molar-refractivity contribution in [1.82, 2.24) is 10.6 Å². The molecule has 2 rings (SSSR count). The van der Waals surface area contributed by atoms with E-state index < -0.39 is 23.5 Å². The highest BCUT2D eigenvalue weighted by atomic mass is 16.6. The number of nitro benzene ring substituents is 1. The summed E-state index contributed by atoms with van der Waals surface area (Å²) in [6.45, 7) is 3.32. The molecule has 1 aromatic rings. The molecule has 1 aromatic carbocycles. The average Bonchev–Trinajstić information content (AvgIpc) is 2.55. The smallest absolute Gasteiger partial charge is 0.321 e. The summed E-state index contributed by atoms with van der Waals surface area (Å²) in [7, 11) is 0. The number of imide groups is 1. The molecule has 8 nitrogen and oxygen atoms in total. The molecule has 2 atom stereocenters. The number of hydrogen-bond donors (Lipinski definition) is 2. The van der Waals surface area contributed by atoms with Crippen molar-refractivity contribution in [2.24, 2.45) is 5.92 Å². The standard InChI is InChI=1S/C17H23N3O5/c1-11-7-8-15(14(9-11)20(23)24)25-10-16(21)19-17(22)18-13-6-4-3-5-12(13)2/h7-9,12-13H,3-6,10H2,1-2H3,(H2,18,19,21,22)/t12-,13-/m1/s1. The van der Waals surface area contributed by atoms with Crippen LogP contribution in [0.15, 0.2) is 18.2 Å². The number of nitro groups is 1. The van der Waals surface area contributed by atoms with Crippen molar-refractivity contribution in [3.63, 3.8) is 0 Å². The fourth-order valence-corrected chi connectivity index (χ4v) is 2.93. The molecule has 0 bridgehead atoms. The summed E-state index contributed by atoms with van der Waals surface area (Å²) in [5.74, 6) is -0.288. The highest BCUT2D eigenvalue weighted by Gasteiger charge is 2.23. The quantitative estimate of drug-likeness (QED) is 0.627. The summed E-state index contributed by atoms with van der Waals surface area (Å²) in [6, 6.07) is 3.94. The Balaban J connectivity index is 1.84. The Hall–Kier alpha value is -2.64. The lowest BCUT2D eigenvalue weighted by atomic mass is 9.86. The van der Waals surface area contributed by atoms with E-state index in [4.69, 9.17) is 4.74 Å². The first kappa shape index (κ1) is 18.7. The van der Waals surface area contributed by atoms with E-state index in [0.717, 1.165) is 25.7 Å². The van der Waals surface area contributed by atoms with Crippen LogP contribution in [-0.2, 0) is 4.79 Å². The van der Waals surface area contributed by atoms with Gasteiger partial charge in [0.2, 0.25) is 0 Å². The number of nitrogens with one attached hydrogen (secondary N) is 2. The third kappa shape index (κ3) is 5.44. The van der Waals surface area contributed by atoms with Crippen LogP contribution < -0.4 is 15.4 Å². The van der Waals surface area contributed by atoms with Gasteiger partial charge in [0.05, 0.1) is 4.92 Å². The monoisotopic (exact) mass is 349 g/mol. The number of carbonyl (C=O) groups is 2. The van der Waals surface area contributed by atoms with Crippen LogP contribution in [0, 0.1) is 23.0 Å². The molecule has 2 N–H and O–H groups in total. The van der Waals surface area contributed by atoms with Crippen molar-refractivity contribution in [1.29, 1.82) is 0 Å². The van der Waals surface area contributed by atoms with Gasteiger partial charge in [-0.1, -0.05) is 25.8 Å². The van der Waals surface area contributed by atoms with E-state index in [1.807, 2.05) is 0 Å². The number of carbonyl (C=O) groups excluding carboxylic acids is 2. The van der Waals surface area contributed by atoms with Crippen LogP contribution in [0.1, 0.15) is 38.2 Å². The van der Waals surface area contributed by atoms with E-state index in [-0.39, 0.29) is 17.5 Å². The van der Waals surface area contributed by atoms with Gasteiger partial charge < -0.3 is 10.1 Å². The molecule has 25 heavy (non-hydrogen) atoms. The Morgan fingerprint density at radius 2 is 2.04 bits per heavy atom. The lowest BCUT2D eigenvalue weighted by Crippen LogP contribution is -2.48. The second-order valence-corrected chi connectivity index (χ2v) is 6.41. The largest absolute Gasteiger partial charge is 0.477 e. The number of urea groups is 1. The van der Waals surface area contributed by atoms with Gasteiger partial charge in [-0.2, -0.15) is 0 Å². The summed E-state index contributed by atoms with van der Waals surface area (Å²) >= 11 is 0. The first-order valence-corrected chi connectivity index (χ1v) is 8.35. The Morgan fingerprint density at radius 3 is 2.72 bits per heavy atom. The van der Waals surface area contributed by atoms with Crippen LogP contribution in [0.2, 0.25) is 0 Å². The van der Waals surface area contributed by atoms with Crippen LogP contribution in [0.5, 0.6) is 5.75 Å². The zero-order valence-electron chi connectivity index (χ0n) is 14.4. The second-order valence-electron chi connectivity index (χ2n) is 6.41. The lowest BCUT2D eigenvalue weighted by molar-refractivity contribution is -0.385. The third-order valence-electron chi connectivity index (χ3n) is 4.35. The molecule has 0 unspecified atom stereocenters. The maximum Gasteiger partial charge on any atom is 0.321 e. The summed E-state index contributed by atoms with van der Waals surface area (Å²) in [5, 5.41) is 16.0. The van der Waals surface area contributed by atoms with Crippen LogP contribution >= 0.6 is 0 Å². The molecular weight excluding hydrogens is 326 g/mol. The first-order chi connectivity index (χ1) is 11.9. The molecule has 0 aromatic heterocycles. The molecule has 0 radical (unpaired) electrons. The van der Waals surface area contributed by atoms with Crippen molar-refractivity contribution in [2.45, 2.75) is 45.6 Å². The summed E-state index contributed by atoms with van der Waals surface area (Å²) in [6.07, 6.45) is 4.17. The van der Waals surface area contributed by atoms with Gasteiger partial charge in [0.15, 0.2) is 12.4 Å². The van der Waals surface area contributed by atoms with Gasteiger partial charge in [-0.3, -0.25) is 20.2 Å². The number of amides is 3. The van der Waals surface area contributed by atoms with Gasteiger partial charge in [0.1, 0.15) is 0 Å². The van der Waals surface area contributed by atoms with Gasteiger partial charge in [-0.15, -0.1) is 0 Å². The fourth-order valence-electron chi connectivity index (χ4n) is 2.93. The molecule has 0 saturated heterocycles. The zero-order chi connectivity index (χ0) is 18.4. The molecular formula is C17H23N3O5. The van der Waals surface area contributed by atoms with Crippen LogP contribution in [0.25, 0.3) is 0 Å². The maximum atomic E-state index is 11.9. The SMILES string of the molecule is Cc1ccc(OCC(=O)NC(=O)N[C@@H]2CCCC[C@H]2C)c([N+](=O)[O-])c1. The van der Waals surface area contributed by atoms with Crippen LogP contribution in [-0.4, -0.2) is 29.5 Å².